The summed E-state index contributed by atoms with van der Waals surface area (Å²) in [7, 11) is 1.68. The number of alkyl halides is 9. The molecule has 12 nitrogen and oxygen atoms in total. The molecule has 0 amide bonds. The zero-order chi connectivity index (χ0) is 56.4. The number of thioether (sulfide) groups is 3. The molecule has 12 aromatic rings. The van der Waals surface area contributed by atoms with Crippen molar-refractivity contribution in [1.82, 2.24) is 58.6 Å². The molecule has 0 aliphatic rings. The molecule has 9 heterocycles. The highest BCUT2D eigenvalue weighted by atomic mass is 32.2. The number of imidazole rings is 3. The predicted octanol–water partition coefficient (Wildman–Crippen LogP) is 15.6. The number of hydrogen-bond acceptors (Lipinski definition) is 12. The fourth-order valence-corrected chi connectivity index (χ4v) is 13.1. The van der Waals surface area contributed by atoms with Crippen molar-refractivity contribution in [2.75, 3.05) is 17.3 Å². The molecular weight excluding hydrogens is 1120 g/mol. The van der Waals surface area contributed by atoms with E-state index in [0.29, 0.717) is 70.8 Å². The van der Waals surface area contributed by atoms with Crippen molar-refractivity contribution >= 4 is 101 Å². The van der Waals surface area contributed by atoms with Crippen LogP contribution in [0.2, 0.25) is 0 Å². The van der Waals surface area contributed by atoms with Gasteiger partial charge in [-0.1, -0.05) is 31.2 Å². The maximum Gasteiger partial charge on any atom is 0.417 e. The van der Waals surface area contributed by atoms with E-state index >= 15 is 0 Å². The molecule has 0 fully saturated rings. The Morgan fingerprint density at radius 3 is 1.54 bits per heavy atom. The van der Waals surface area contributed by atoms with E-state index in [4.69, 9.17) is 15.0 Å². The van der Waals surface area contributed by atoms with E-state index in [1.165, 1.54) is 23.5 Å². The smallest absolute Gasteiger partial charge is 0.312 e. The van der Waals surface area contributed by atoms with E-state index in [1.54, 1.807) is 60.4 Å². The molecule has 12 rings (SSSR count). The largest absolute Gasteiger partial charge is 0.417 e. The van der Waals surface area contributed by atoms with Gasteiger partial charge < -0.3 is 13.7 Å². The molecule has 410 valence electrons. The first-order valence-corrected chi connectivity index (χ1v) is 28.2. The van der Waals surface area contributed by atoms with Crippen LogP contribution in [0.25, 0.3) is 100 Å². The predicted molar refractivity (Wildman–Crippen MR) is 298 cm³/mol. The minimum Gasteiger partial charge on any atom is -0.312 e. The molecule has 0 bridgehead atoms. The summed E-state index contributed by atoms with van der Waals surface area (Å²) in [5.74, 6) is 2.83. The van der Waals surface area contributed by atoms with Crippen molar-refractivity contribution in [3.8, 4) is 34.2 Å². The number of nitrogens with zero attached hydrogens (tertiary/aromatic N) is 12. The Bertz CT molecular complexity index is 4400. The van der Waals surface area contributed by atoms with Gasteiger partial charge in [0, 0.05) is 117 Å². The molecule has 3 aromatic carbocycles. The van der Waals surface area contributed by atoms with Gasteiger partial charge in [0.2, 0.25) is 0 Å². The molecule has 0 radical (unpaired) electrons. The first-order valence-electron chi connectivity index (χ1n) is 25.2. The SMILES string of the molecule is CCSc1c(-c2nc3cc(C(F)(F)F)cnc3n2CCCSc2c(-c3nc4cc(C(F)(F)F)cnc4n3CCCSc3c(-c4nc5cc(C(F)(F)F)cnc5n4C)ccc4cccnc34)ccc3ccncc23)ccc2cnccc12. The van der Waals surface area contributed by atoms with Crippen LogP contribution in [0.5, 0.6) is 0 Å². The van der Waals surface area contributed by atoms with Crippen molar-refractivity contribution in [2.24, 2.45) is 7.05 Å². The summed E-state index contributed by atoms with van der Waals surface area (Å²) in [6, 6.07) is 21.8. The quantitative estimate of drug-likeness (QED) is 0.0550. The summed E-state index contributed by atoms with van der Waals surface area (Å²) >= 11 is 4.54. The van der Waals surface area contributed by atoms with Gasteiger partial charge in [0.15, 0.2) is 16.9 Å². The fraction of sp³-hybridized carbons (Fsp3) is 0.211. The summed E-state index contributed by atoms with van der Waals surface area (Å²) in [5.41, 5.74) is 0.805. The highest BCUT2D eigenvalue weighted by Gasteiger charge is 2.35. The van der Waals surface area contributed by atoms with Crippen LogP contribution in [-0.2, 0) is 38.7 Å². The number of pyridine rings is 6. The summed E-state index contributed by atoms with van der Waals surface area (Å²) in [6.07, 6.45) is -2.15. The normalized spacial score (nSPS) is 12.6. The highest BCUT2D eigenvalue weighted by Crippen LogP contribution is 2.43. The zero-order valence-corrected chi connectivity index (χ0v) is 45.0. The standard InChI is InChI=1S/C57H41F9N12S3/c1-3-79-46-37-15-18-67-26-33(37)10-13-38(46)50-74-43-24-35(56(61,62)63)28-71-53(43)77(50)19-5-21-80-47-39(11-8-31-14-17-68-30-41(31)47)51-75-44-25-36(57(64,65)66)29-72-54(44)78(51)20-6-22-81-48-40(12-9-32-7-4-16-69-45(32)48)49-73-42-23-34(55(58,59)60)27-70-52(42)76(49)2/h4,7-18,23-30H,3,5-6,19-22H2,1-2H3. The monoisotopic (exact) mass is 1160 g/mol. The van der Waals surface area contributed by atoms with E-state index < -0.39 is 35.2 Å². The number of rotatable bonds is 15. The average Bonchev–Trinajstić information content (AvgIpc) is 4.19. The zero-order valence-electron chi connectivity index (χ0n) is 42.6. The number of hydrogen-bond donors (Lipinski definition) is 0. The van der Waals surface area contributed by atoms with Gasteiger partial charge in [-0.15, -0.1) is 35.3 Å². The molecule has 0 saturated carbocycles. The lowest BCUT2D eigenvalue weighted by molar-refractivity contribution is -0.138. The van der Waals surface area contributed by atoms with E-state index in [0.717, 1.165) is 84.0 Å². The molecule has 0 aliphatic carbocycles. The molecule has 9 aromatic heterocycles. The first kappa shape index (κ1) is 53.8. The van der Waals surface area contributed by atoms with Crippen LogP contribution in [0.3, 0.4) is 0 Å². The number of halogens is 9. The molecule has 0 unspecified atom stereocenters. The molecule has 0 saturated heterocycles. The maximum atomic E-state index is 14.3. The Kier molecular flexibility index (Phi) is 14.1. The summed E-state index contributed by atoms with van der Waals surface area (Å²) in [5, 5.41) is 4.27. The van der Waals surface area contributed by atoms with Crippen molar-refractivity contribution < 1.29 is 39.5 Å². The second-order valence-electron chi connectivity index (χ2n) is 18.8. The lowest BCUT2D eigenvalue weighted by Crippen LogP contribution is -2.07. The van der Waals surface area contributed by atoms with Gasteiger partial charge in [0.1, 0.15) is 34.0 Å². The second-order valence-corrected chi connectivity index (χ2v) is 22.3. The second kappa shape index (κ2) is 21.2. The number of aryl methyl sites for hydroxylation is 3. The Hall–Kier alpha value is -7.83. The molecule has 81 heavy (non-hydrogen) atoms. The van der Waals surface area contributed by atoms with Crippen LogP contribution in [0.4, 0.5) is 39.5 Å². The van der Waals surface area contributed by atoms with Gasteiger partial charge in [-0.05, 0) is 95.5 Å². The molecular formula is C57H41F9N12S3. The highest BCUT2D eigenvalue weighted by molar-refractivity contribution is 8.00. The van der Waals surface area contributed by atoms with Crippen molar-refractivity contribution in [1.29, 1.82) is 0 Å². The van der Waals surface area contributed by atoms with Gasteiger partial charge in [0.05, 0.1) is 22.2 Å². The van der Waals surface area contributed by atoms with Gasteiger partial charge in [-0.3, -0.25) is 15.0 Å². The summed E-state index contributed by atoms with van der Waals surface area (Å²) < 4.78 is 132. The van der Waals surface area contributed by atoms with Crippen LogP contribution >= 0.6 is 35.3 Å². The first-order chi connectivity index (χ1) is 38.9. The molecule has 0 atom stereocenters. The number of benzene rings is 3. The van der Waals surface area contributed by atoms with Crippen LogP contribution in [-0.4, -0.2) is 75.8 Å². The molecule has 0 spiro atoms. The lowest BCUT2D eigenvalue weighted by atomic mass is 10.1. The Morgan fingerprint density at radius 2 is 0.951 bits per heavy atom. The van der Waals surface area contributed by atoms with E-state index in [9.17, 15) is 39.5 Å². The molecule has 0 N–H and O–H groups in total. The van der Waals surface area contributed by atoms with Gasteiger partial charge in [-0.2, -0.15) is 39.5 Å². The fourth-order valence-electron chi connectivity index (χ4n) is 9.95. The van der Waals surface area contributed by atoms with Crippen LogP contribution < -0.4 is 0 Å². The topological polar surface area (TPSA) is 131 Å². The number of fused-ring (bicyclic) bond motifs is 6. The summed E-state index contributed by atoms with van der Waals surface area (Å²) in [4.78, 5) is 42.9. The Morgan fingerprint density at radius 1 is 0.457 bits per heavy atom. The van der Waals surface area contributed by atoms with E-state index in [1.807, 2.05) is 70.7 Å². The minimum atomic E-state index is -4.70. The minimum absolute atomic E-state index is 0.0330. The van der Waals surface area contributed by atoms with Crippen LogP contribution in [0.1, 0.15) is 36.5 Å². The lowest BCUT2D eigenvalue weighted by Gasteiger charge is -2.16. The maximum absolute atomic E-state index is 14.3. The Labute approximate surface area is 466 Å². The van der Waals surface area contributed by atoms with Gasteiger partial charge in [-0.25, -0.2) is 29.9 Å². The third-order valence-corrected chi connectivity index (χ3v) is 17.1. The van der Waals surface area contributed by atoms with Crippen molar-refractivity contribution in [3.63, 3.8) is 0 Å². The van der Waals surface area contributed by atoms with Gasteiger partial charge >= 0.3 is 18.5 Å². The summed E-state index contributed by atoms with van der Waals surface area (Å²) in [6.45, 7) is 2.57. The van der Waals surface area contributed by atoms with Gasteiger partial charge in [0.25, 0.3) is 0 Å². The Balaban J connectivity index is 0.880. The third-order valence-electron chi connectivity index (χ3n) is 13.7. The van der Waals surface area contributed by atoms with Crippen molar-refractivity contribution in [2.45, 2.75) is 66.1 Å². The number of aromatic nitrogens is 12. The van der Waals surface area contributed by atoms with E-state index in [2.05, 4.69) is 29.9 Å². The average molecular weight is 1160 g/mol. The van der Waals surface area contributed by atoms with Crippen molar-refractivity contribution in [3.05, 3.63) is 145 Å². The van der Waals surface area contributed by atoms with E-state index in [-0.39, 0.29) is 40.0 Å². The van der Waals surface area contributed by atoms with Crippen LogP contribution in [0.15, 0.2) is 143 Å². The molecule has 24 heteroatoms. The third kappa shape index (κ3) is 10.3. The molecule has 0 aliphatic heterocycles. The van der Waals surface area contributed by atoms with Crippen LogP contribution in [0, 0.1) is 0 Å².